The molecule has 0 radical (unpaired) electrons. The number of nitrogens with zero attached hydrogens (tertiary/aromatic N) is 3. The standard InChI is InChI=1S/C27H34F5N5O2/c1-25(2)12-18(25)24(39)36-23(16-5-8-26(28,29)9-6-16)19-14-37-20(34-19)11-17(13-33-37)22(15-3-4-15)35-21(38)7-10-27(30,31)32/h11,13-16,18,22-23H,3-10,12H2,1-2H3,(H,35,38)(H,36,39)/t18?,22?,23-/m0/s1. The Morgan fingerprint density at radius 3 is 2.31 bits per heavy atom. The number of rotatable bonds is 9. The molecule has 2 amide bonds. The van der Waals surface area contributed by atoms with E-state index in [9.17, 15) is 31.5 Å². The van der Waals surface area contributed by atoms with E-state index >= 15 is 0 Å². The van der Waals surface area contributed by atoms with Gasteiger partial charge in [-0.25, -0.2) is 18.3 Å². The summed E-state index contributed by atoms with van der Waals surface area (Å²) in [6, 6.07) is 0.717. The number of hydrogen-bond acceptors (Lipinski definition) is 4. The predicted octanol–water partition coefficient (Wildman–Crippen LogP) is 5.67. The maximum absolute atomic E-state index is 13.9. The molecule has 3 atom stereocenters. The number of imidazole rings is 1. The molecular formula is C27H34F5N5O2. The summed E-state index contributed by atoms with van der Waals surface area (Å²) in [7, 11) is 0. The molecule has 7 nitrogen and oxygen atoms in total. The largest absolute Gasteiger partial charge is 0.389 e. The minimum atomic E-state index is -4.41. The average molecular weight is 556 g/mol. The van der Waals surface area contributed by atoms with Crippen molar-refractivity contribution < 1.29 is 31.5 Å². The van der Waals surface area contributed by atoms with Crippen molar-refractivity contribution in [2.45, 2.75) is 95.8 Å². The van der Waals surface area contributed by atoms with E-state index in [4.69, 9.17) is 4.98 Å². The van der Waals surface area contributed by atoms with Gasteiger partial charge >= 0.3 is 6.18 Å². The molecule has 3 aliphatic carbocycles. The van der Waals surface area contributed by atoms with Crippen LogP contribution in [0, 0.1) is 23.2 Å². The minimum absolute atomic E-state index is 0.0913. The van der Waals surface area contributed by atoms with Crippen LogP contribution < -0.4 is 10.6 Å². The fourth-order valence-electron chi connectivity index (χ4n) is 5.63. The van der Waals surface area contributed by atoms with Gasteiger partial charge in [-0.1, -0.05) is 13.8 Å². The van der Waals surface area contributed by atoms with E-state index in [1.807, 2.05) is 13.8 Å². The Morgan fingerprint density at radius 1 is 1.08 bits per heavy atom. The molecule has 2 aromatic rings. The summed E-state index contributed by atoms with van der Waals surface area (Å²) in [5.41, 5.74) is 1.52. The van der Waals surface area contributed by atoms with E-state index in [-0.39, 0.29) is 54.8 Å². The van der Waals surface area contributed by atoms with Crippen LogP contribution in [0.25, 0.3) is 5.65 Å². The maximum Gasteiger partial charge on any atom is 0.389 e. The Labute approximate surface area is 223 Å². The van der Waals surface area contributed by atoms with Crippen LogP contribution in [0.2, 0.25) is 0 Å². The smallest absolute Gasteiger partial charge is 0.349 e. The van der Waals surface area contributed by atoms with E-state index in [2.05, 4.69) is 15.7 Å². The van der Waals surface area contributed by atoms with Gasteiger partial charge in [0.05, 0.1) is 36.6 Å². The molecule has 214 valence electrons. The summed E-state index contributed by atoms with van der Waals surface area (Å²) in [6.45, 7) is 4.03. The fourth-order valence-corrected chi connectivity index (χ4v) is 5.63. The highest BCUT2D eigenvalue weighted by Crippen LogP contribution is 2.52. The molecule has 3 aliphatic rings. The van der Waals surface area contributed by atoms with Gasteiger partial charge in [0.2, 0.25) is 17.7 Å². The number of fused-ring (bicyclic) bond motifs is 1. The van der Waals surface area contributed by atoms with Crippen LogP contribution in [0.3, 0.4) is 0 Å². The number of carbonyl (C=O) groups is 2. The van der Waals surface area contributed by atoms with Crippen molar-refractivity contribution in [3.63, 3.8) is 0 Å². The van der Waals surface area contributed by atoms with E-state index in [1.54, 1.807) is 18.5 Å². The van der Waals surface area contributed by atoms with Crippen LogP contribution in [0.1, 0.15) is 95.0 Å². The molecule has 2 heterocycles. The minimum Gasteiger partial charge on any atom is -0.349 e. The maximum atomic E-state index is 13.9. The Kier molecular flexibility index (Phi) is 7.12. The molecule has 39 heavy (non-hydrogen) atoms. The molecule has 2 unspecified atom stereocenters. The van der Waals surface area contributed by atoms with Gasteiger partial charge in [0.15, 0.2) is 5.65 Å². The second kappa shape index (κ2) is 9.99. The van der Waals surface area contributed by atoms with E-state index < -0.39 is 42.9 Å². The second-order valence-electron chi connectivity index (χ2n) is 12.2. The molecule has 0 saturated heterocycles. The van der Waals surface area contributed by atoms with Gasteiger partial charge in [0.25, 0.3) is 0 Å². The molecule has 0 aromatic carbocycles. The van der Waals surface area contributed by atoms with Gasteiger partial charge in [-0.3, -0.25) is 9.59 Å². The van der Waals surface area contributed by atoms with Crippen molar-refractivity contribution in [2.24, 2.45) is 23.2 Å². The van der Waals surface area contributed by atoms with Crippen LogP contribution in [0.4, 0.5) is 22.0 Å². The van der Waals surface area contributed by atoms with Crippen molar-refractivity contribution in [1.82, 2.24) is 25.2 Å². The summed E-state index contributed by atoms with van der Waals surface area (Å²) >= 11 is 0. The predicted molar refractivity (Wildman–Crippen MR) is 132 cm³/mol. The molecule has 3 saturated carbocycles. The summed E-state index contributed by atoms with van der Waals surface area (Å²) in [5, 5.41) is 10.2. The Hall–Kier alpha value is -2.79. The molecule has 3 fully saturated rings. The first kappa shape index (κ1) is 27.8. The number of alkyl halides is 5. The second-order valence-corrected chi connectivity index (χ2v) is 12.2. The number of halogens is 5. The Balaban J connectivity index is 1.37. The van der Waals surface area contributed by atoms with Gasteiger partial charge < -0.3 is 10.6 Å². The van der Waals surface area contributed by atoms with E-state index in [0.717, 1.165) is 19.3 Å². The third-order valence-electron chi connectivity index (χ3n) is 8.44. The van der Waals surface area contributed by atoms with Crippen molar-refractivity contribution >= 4 is 17.5 Å². The van der Waals surface area contributed by atoms with Crippen LogP contribution >= 0.6 is 0 Å². The lowest BCUT2D eigenvalue weighted by Crippen LogP contribution is -2.38. The Bertz CT molecular complexity index is 1230. The van der Waals surface area contributed by atoms with Crippen molar-refractivity contribution in [3.8, 4) is 0 Å². The summed E-state index contributed by atoms with van der Waals surface area (Å²) in [6.07, 6.45) is -0.521. The van der Waals surface area contributed by atoms with E-state index in [0.29, 0.717) is 16.9 Å². The van der Waals surface area contributed by atoms with Crippen molar-refractivity contribution in [1.29, 1.82) is 0 Å². The number of nitrogens with one attached hydrogen (secondary N) is 2. The lowest BCUT2D eigenvalue weighted by atomic mass is 9.81. The van der Waals surface area contributed by atoms with Gasteiger partial charge in [-0.15, -0.1) is 0 Å². The number of hydrogen-bond donors (Lipinski definition) is 2. The first-order chi connectivity index (χ1) is 18.2. The highest BCUT2D eigenvalue weighted by atomic mass is 19.4. The number of carbonyl (C=O) groups excluding carboxylic acids is 2. The van der Waals surface area contributed by atoms with Crippen molar-refractivity contribution in [3.05, 3.63) is 29.7 Å². The molecule has 2 aromatic heterocycles. The molecule has 0 spiro atoms. The van der Waals surface area contributed by atoms with Crippen LogP contribution in [-0.2, 0) is 9.59 Å². The third-order valence-corrected chi connectivity index (χ3v) is 8.44. The lowest BCUT2D eigenvalue weighted by molar-refractivity contribution is -0.144. The SMILES string of the molecule is CC1(C)CC1C(=O)N[C@H](c1cn2ncc(C(NC(=O)CCC(F)(F)F)C3CC3)cc2n1)C1CCC(F)(F)CC1. The highest BCUT2D eigenvalue weighted by Gasteiger charge is 2.51. The van der Waals surface area contributed by atoms with Gasteiger partial charge in [0, 0.05) is 25.2 Å². The highest BCUT2D eigenvalue weighted by molar-refractivity contribution is 5.82. The monoisotopic (exact) mass is 555 g/mol. The summed E-state index contributed by atoms with van der Waals surface area (Å²) in [4.78, 5) is 30.0. The zero-order valence-electron chi connectivity index (χ0n) is 22.0. The quantitative estimate of drug-likeness (QED) is 0.391. The summed E-state index contributed by atoms with van der Waals surface area (Å²) < 4.78 is 67.0. The van der Waals surface area contributed by atoms with Gasteiger partial charge in [0.1, 0.15) is 0 Å². The zero-order chi connectivity index (χ0) is 28.2. The first-order valence-electron chi connectivity index (χ1n) is 13.6. The molecule has 12 heteroatoms. The topological polar surface area (TPSA) is 88.4 Å². The molecule has 0 aliphatic heterocycles. The third kappa shape index (κ3) is 6.69. The van der Waals surface area contributed by atoms with Crippen LogP contribution in [-0.4, -0.2) is 38.5 Å². The molecule has 0 bridgehead atoms. The molecular weight excluding hydrogens is 521 g/mol. The average Bonchev–Trinajstić information content (AvgIpc) is 3.75. The zero-order valence-corrected chi connectivity index (χ0v) is 22.0. The normalized spacial score (nSPS) is 24.2. The van der Waals surface area contributed by atoms with Crippen LogP contribution in [0.5, 0.6) is 0 Å². The fraction of sp³-hybridized carbons (Fsp3) is 0.704. The first-order valence-corrected chi connectivity index (χ1v) is 13.6. The molecule has 5 rings (SSSR count). The Morgan fingerprint density at radius 2 is 1.72 bits per heavy atom. The van der Waals surface area contributed by atoms with Gasteiger partial charge in [-0.05, 0) is 61.0 Å². The number of aromatic nitrogens is 3. The van der Waals surface area contributed by atoms with Crippen LogP contribution in [0.15, 0.2) is 18.5 Å². The molecule has 2 N–H and O–H groups in total. The van der Waals surface area contributed by atoms with E-state index in [1.165, 1.54) is 4.52 Å². The van der Waals surface area contributed by atoms with Gasteiger partial charge in [-0.2, -0.15) is 18.3 Å². The lowest BCUT2D eigenvalue weighted by Gasteiger charge is -2.33. The summed E-state index contributed by atoms with van der Waals surface area (Å²) in [5.74, 6) is -3.71. The van der Waals surface area contributed by atoms with Crippen molar-refractivity contribution in [2.75, 3.05) is 0 Å². The number of amides is 2.